The van der Waals surface area contributed by atoms with Gasteiger partial charge in [-0.3, -0.25) is 0 Å². The van der Waals surface area contributed by atoms with Crippen molar-refractivity contribution in [3.8, 4) is 23.0 Å². The molecule has 33 heavy (non-hydrogen) atoms. The summed E-state index contributed by atoms with van der Waals surface area (Å²) in [6.07, 6.45) is 3.02. The first kappa shape index (κ1) is 20.7. The van der Waals surface area contributed by atoms with Gasteiger partial charge in [0.1, 0.15) is 23.1 Å². The third kappa shape index (κ3) is 3.70. The number of nitrogens with zero attached hydrogens (tertiary/aromatic N) is 4. The van der Waals surface area contributed by atoms with Crippen molar-refractivity contribution in [3.05, 3.63) is 65.7 Å². The fourth-order valence-electron chi connectivity index (χ4n) is 3.78. The highest BCUT2D eigenvalue weighted by Crippen LogP contribution is 2.38. The third-order valence-corrected chi connectivity index (χ3v) is 5.28. The smallest absolute Gasteiger partial charge is 0.324 e. The molecule has 0 radical (unpaired) electrons. The summed E-state index contributed by atoms with van der Waals surface area (Å²) in [6, 6.07) is 7.08. The maximum Gasteiger partial charge on any atom is 0.324 e. The Kier molecular flexibility index (Phi) is 5.06. The molecule has 0 bridgehead atoms. The van der Waals surface area contributed by atoms with Crippen molar-refractivity contribution in [1.82, 2.24) is 24.9 Å². The number of anilines is 1. The van der Waals surface area contributed by atoms with Gasteiger partial charge in [-0.25, -0.2) is 18.7 Å². The fourth-order valence-corrected chi connectivity index (χ4v) is 3.78. The summed E-state index contributed by atoms with van der Waals surface area (Å²) in [7, 11) is 1.70. The maximum atomic E-state index is 14.4. The van der Waals surface area contributed by atoms with Crippen LogP contribution in [0.4, 0.5) is 14.5 Å². The second kappa shape index (κ2) is 8.06. The van der Waals surface area contributed by atoms with E-state index in [0.717, 1.165) is 0 Å². The lowest BCUT2D eigenvalue weighted by Crippen LogP contribution is -2.02. The molecule has 0 atom stereocenters. The number of nitrogens with one attached hydrogen (secondary N) is 2. The van der Waals surface area contributed by atoms with E-state index in [4.69, 9.17) is 10.5 Å². The quantitative estimate of drug-likeness (QED) is 0.365. The molecule has 0 saturated heterocycles. The van der Waals surface area contributed by atoms with E-state index < -0.39 is 11.6 Å². The van der Waals surface area contributed by atoms with Crippen LogP contribution in [0.25, 0.3) is 33.2 Å². The summed E-state index contributed by atoms with van der Waals surface area (Å²) in [4.78, 5) is 20.6. The topological polar surface area (TPSA) is 115 Å². The first-order valence-corrected chi connectivity index (χ1v) is 10.1. The number of rotatable bonds is 5. The molecule has 0 amide bonds. The van der Waals surface area contributed by atoms with Crippen LogP contribution in [0.2, 0.25) is 0 Å². The molecule has 8 nitrogen and oxygen atoms in total. The van der Waals surface area contributed by atoms with Crippen LogP contribution in [-0.4, -0.2) is 32.0 Å². The van der Waals surface area contributed by atoms with Crippen LogP contribution >= 0.6 is 0 Å². The van der Waals surface area contributed by atoms with E-state index in [1.807, 2.05) is 0 Å². The van der Waals surface area contributed by atoms with Gasteiger partial charge in [-0.1, -0.05) is 0 Å². The second-order valence-electron chi connectivity index (χ2n) is 7.40. The standard InChI is InChI=1S/C23H19F2N7O/c1-11-28-9-15(10-29-11)33-23-31-21(16-4-3-13(24)5-12(16)8-26)19-17-6-14(25)7-18(27-2)20(17)30-22(19)32-23/h3-7,9-10,27H,8,26H2,1-2H3,(H,30,31,32). The lowest BCUT2D eigenvalue weighted by Gasteiger charge is -2.11. The number of aryl methyl sites for hydroxylation is 1. The van der Waals surface area contributed by atoms with Gasteiger partial charge in [0.15, 0.2) is 5.75 Å². The van der Waals surface area contributed by atoms with E-state index in [-0.39, 0.29) is 12.6 Å². The predicted molar refractivity (Wildman–Crippen MR) is 121 cm³/mol. The minimum Gasteiger partial charge on any atom is -0.421 e. The normalized spacial score (nSPS) is 11.3. The SMILES string of the molecule is CNc1cc(F)cc2c1[nH]c1nc(Oc3cnc(C)nc3)nc(-c3ccc(F)cc3CN)c12. The Hall–Kier alpha value is -4.18. The number of hydrogen-bond acceptors (Lipinski definition) is 7. The maximum absolute atomic E-state index is 14.4. The van der Waals surface area contributed by atoms with E-state index in [9.17, 15) is 8.78 Å². The van der Waals surface area contributed by atoms with Crippen molar-refractivity contribution in [2.75, 3.05) is 12.4 Å². The molecule has 5 rings (SSSR count). The van der Waals surface area contributed by atoms with Crippen LogP contribution in [0.1, 0.15) is 11.4 Å². The summed E-state index contributed by atoms with van der Waals surface area (Å²) in [5.74, 6) is 0.104. The van der Waals surface area contributed by atoms with E-state index in [2.05, 4.69) is 30.2 Å². The van der Waals surface area contributed by atoms with Crippen molar-refractivity contribution in [2.45, 2.75) is 13.5 Å². The third-order valence-electron chi connectivity index (χ3n) is 5.28. The number of aromatic nitrogens is 5. The summed E-state index contributed by atoms with van der Waals surface area (Å²) in [6.45, 7) is 1.84. The molecule has 10 heteroatoms. The van der Waals surface area contributed by atoms with Crippen LogP contribution in [-0.2, 0) is 6.54 Å². The van der Waals surface area contributed by atoms with E-state index >= 15 is 0 Å². The lowest BCUT2D eigenvalue weighted by atomic mass is 10.0. The molecule has 0 aliphatic carbocycles. The van der Waals surface area contributed by atoms with E-state index in [1.54, 1.807) is 20.0 Å². The van der Waals surface area contributed by atoms with Gasteiger partial charge in [0.25, 0.3) is 0 Å². The highest BCUT2D eigenvalue weighted by Gasteiger charge is 2.20. The van der Waals surface area contributed by atoms with Gasteiger partial charge in [0, 0.05) is 24.5 Å². The molecule has 166 valence electrons. The summed E-state index contributed by atoms with van der Waals surface area (Å²) >= 11 is 0. The zero-order valence-corrected chi connectivity index (χ0v) is 17.8. The average molecular weight is 447 g/mol. The van der Waals surface area contributed by atoms with Crippen LogP contribution in [0.3, 0.4) is 0 Å². The number of benzene rings is 2. The number of fused-ring (bicyclic) bond motifs is 3. The van der Waals surface area contributed by atoms with Gasteiger partial charge in [-0.15, -0.1) is 0 Å². The van der Waals surface area contributed by atoms with E-state index in [1.165, 1.54) is 36.7 Å². The molecule has 2 aromatic carbocycles. The van der Waals surface area contributed by atoms with E-state index in [0.29, 0.717) is 56.0 Å². The number of hydrogen-bond donors (Lipinski definition) is 3. The summed E-state index contributed by atoms with van der Waals surface area (Å²) < 4.78 is 34.2. The molecule has 0 unspecified atom stereocenters. The Balaban J connectivity index is 1.82. The van der Waals surface area contributed by atoms with Crippen molar-refractivity contribution in [3.63, 3.8) is 0 Å². The highest BCUT2D eigenvalue weighted by molar-refractivity contribution is 6.15. The minimum absolute atomic E-state index is 0.0234. The summed E-state index contributed by atoms with van der Waals surface area (Å²) in [5.41, 5.74) is 9.09. The zero-order chi connectivity index (χ0) is 23.1. The van der Waals surface area contributed by atoms with Gasteiger partial charge < -0.3 is 20.8 Å². The molecule has 4 N–H and O–H groups in total. The van der Waals surface area contributed by atoms with Crippen LogP contribution in [0, 0.1) is 18.6 Å². The molecule has 3 heterocycles. The molecule has 0 saturated carbocycles. The van der Waals surface area contributed by atoms with Gasteiger partial charge in [0.05, 0.1) is 34.7 Å². The van der Waals surface area contributed by atoms with Crippen molar-refractivity contribution in [2.24, 2.45) is 5.73 Å². The Labute approximate surface area is 186 Å². The fraction of sp³-hybridized carbons (Fsp3) is 0.130. The molecule has 3 aromatic heterocycles. The number of halogens is 2. The molecule has 0 fully saturated rings. The molecule has 0 aliphatic rings. The number of ether oxygens (including phenoxy) is 1. The Morgan fingerprint density at radius 2 is 1.85 bits per heavy atom. The average Bonchev–Trinajstić information content (AvgIpc) is 3.17. The van der Waals surface area contributed by atoms with Crippen molar-refractivity contribution < 1.29 is 13.5 Å². The molecule has 0 aliphatic heterocycles. The van der Waals surface area contributed by atoms with Gasteiger partial charge in [-0.2, -0.15) is 9.97 Å². The van der Waals surface area contributed by atoms with Gasteiger partial charge in [-0.05, 0) is 42.8 Å². The minimum atomic E-state index is -0.422. The van der Waals surface area contributed by atoms with Crippen LogP contribution in [0.5, 0.6) is 11.8 Å². The van der Waals surface area contributed by atoms with Crippen molar-refractivity contribution >= 4 is 27.6 Å². The Bertz CT molecular complexity index is 1500. The largest absolute Gasteiger partial charge is 0.421 e. The Morgan fingerprint density at radius 3 is 2.58 bits per heavy atom. The number of H-pyrrole nitrogens is 1. The molecular weight excluding hydrogens is 428 g/mol. The lowest BCUT2D eigenvalue weighted by molar-refractivity contribution is 0.440. The zero-order valence-electron chi connectivity index (χ0n) is 17.8. The first-order chi connectivity index (χ1) is 16.0. The Morgan fingerprint density at radius 1 is 1.06 bits per heavy atom. The number of aromatic amines is 1. The molecule has 5 aromatic rings. The van der Waals surface area contributed by atoms with Gasteiger partial charge >= 0.3 is 6.01 Å². The summed E-state index contributed by atoms with van der Waals surface area (Å²) in [5, 5.41) is 4.12. The molecule has 0 spiro atoms. The highest BCUT2D eigenvalue weighted by atomic mass is 19.1. The monoisotopic (exact) mass is 447 g/mol. The van der Waals surface area contributed by atoms with Crippen LogP contribution < -0.4 is 15.8 Å². The number of nitrogens with two attached hydrogens (primary N) is 1. The predicted octanol–water partition coefficient (Wildman–Crippen LogP) is 4.45. The van der Waals surface area contributed by atoms with Gasteiger partial charge in [0.2, 0.25) is 0 Å². The first-order valence-electron chi connectivity index (χ1n) is 10.1. The van der Waals surface area contributed by atoms with Crippen LogP contribution in [0.15, 0.2) is 42.7 Å². The van der Waals surface area contributed by atoms with Crippen molar-refractivity contribution in [1.29, 1.82) is 0 Å². The molecular formula is C23H19F2N7O. The second-order valence-corrected chi connectivity index (χ2v) is 7.40.